The van der Waals surface area contributed by atoms with Crippen LogP contribution >= 0.6 is 23.2 Å². The summed E-state index contributed by atoms with van der Waals surface area (Å²) in [5.41, 5.74) is 1.23. The highest BCUT2D eigenvalue weighted by molar-refractivity contribution is 6.35. The largest absolute Gasteiger partial charge is 0.452 e. The number of carbonyl (C=O) groups excluding carboxylic acids is 2. The van der Waals surface area contributed by atoms with E-state index < -0.39 is 23.9 Å². The fourth-order valence-corrected chi connectivity index (χ4v) is 2.70. The smallest absolute Gasteiger partial charge is 0.314 e. The highest BCUT2D eigenvalue weighted by Crippen LogP contribution is 2.26. The molecular formula is C19H19Cl2NO3. The predicted molar refractivity (Wildman–Crippen MR) is 100 cm³/mol. The molecule has 6 heteroatoms. The molecule has 0 saturated carbocycles. The summed E-state index contributed by atoms with van der Waals surface area (Å²) in [6, 6.07) is 14.1. The van der Waals surface area contributed by atoms with Crippen molar-refractivity contribution >= 4 is 40.8 Å². The lowest BCUT2D eigenvalue weighted by Crippen LogP contribution is -2.31. The molecule has 0 bridgehead atoms. The number of hydrogen-bond acceptors (Lipinski definition) is 3. The second-order valence-corrected chi connectivity index (χ2v) is 6.41. The van der Waals surface area contributed by atoms with Crippen molar-refractivity contribution in [3.8, 4) is 0 Å². The van der Waals surface area contributed by atoms with Gasteiger partial charge in [-0.05, 0) is 37.1 Å². The van der Waals surface area contributed by atoms with Gasteiger partial charge in [-0.1, -0.05) is 60.5 Å². The maximum Gasteiger partial charge on any atom is 0.314 e. The molecule has 0 aliphatic heterocycles. The average molecular weight is 380 g/mol. The lowest BCUT2D eigenvalue weighted by molar-refractivity contribution is -0.154. The van der Waals surface area contributed by atoms with Gasteiger partial charge in [0.25, 0.3) is 5.91 Å². The van der Waals surface area contributed by atoms with Crippen LogP contribution in [-0.4, -0.2) is 18.0 Å². The minimum Gasteiger partial charge on any atom is -0.452 e. The van der Waals surface area contributed by atoms with Gasteiger partial charge in [0, 0.05) is 5.02 Å². The van der Waals surface area contributed by atoms with Crippen molar-refractivity contribution < 1.29 is 14.3 Å². The van der Waals surface area contributed by atoms with Gasteiger partial charge in [0.2, 0.25) is 0 Å². The first-order valence-corrected chi connectivity index (χ1v) is 8.69. The molecule has 0 heterocycles. The lowest BCUT2D eigenvalue weighted by Gasteiger charge is -2.19. The Morgan fingerprint density at radius 2 is 1.80 bits per heavy atom. The van der Waals surface area contributed by atoms with Crippen molar-refractivity contribution in [1.29, 1.82) is 0 Å². The molecule has 0 radical (unpaired) electrons. The Balaban J connectivity index is 2.02. The van der Waals surface area contributed by atoms with Crippen molar-refractivity contribution in [3.63, 3.8) is 0 Å². The quantitative estimate of drug-likeness (QED) is 0.713. The number of halogens is 2. The molecule has 0 aliphatic carbocycles. The van der Waals surface area contributed by atoms with Gasteiger partial charge in [-0.3, -0.25) is 9.59 Å². The fourth-order valence-electron chi connectivity index (χ4n) is 2.36. The Labute approximate surface area is 157 Å². The molecule has 0 saturated heterocycles. The third-order valence-electron chi connectivity index (χ3n) is 3.74. The second kappa shape index (κ2) is 8.88. The van der Waals surface area contributed by atoms with Gasteiger partial charge in [-0.2, -0.15) is 0 Å². The Bertz CT molecular complexity index is 750. The Morgan fingerprint density at radius 1 is 1.12 bits per heavy atom. The van der Waals surface area contributed by atoms with Gasteiger partial charge in [-0.15, -0.1) is 0 Å². The molecule has 25 heavy (non-hydrogen) atoms. The molecule has 2 rings (SSSR count). The number of rotatable bonds is 6. The molecule has 132 valence electrons. The van der Waals surface area contributed by atoms with Crippen LogP contribution in [0.15, 0.2) is 48.5 Å². The van der Waals surface area contributed by atoms with Gasteiger partial charge < -0.3 is 10.1 Å². The number of nitrogens with one attached hydrogen (secondary N) is 1. The third-order valence-corrected chi connectivity index (χ3v) is 4.31. The summed E-state index contributed by atoms with van der Waals surface area (Å²) in [5, 5.41) is 3.42. The monoisotopic (exact) mass is 379 g/mol. The van der Waals surface area contributed by atoms with E-state index in [0.717, 1.165) is 5.56 Å². The van der Waals surface area contributed by atoms with E-state index in [1.54, 1.807) is 12.1 Å². The van der Waals surface area contributed by atoms with Crippen LogP contribution in [-0.2, 0) is 14.3 Å². The third kappa shape index (κ3) is 5.21. The molecule has 4 nitrogen and oxygen atoms in total. The molecule has 0 aliphatic rings. The van der Waals surface area contributed by atoms with Gasteiger partial charge in [0.15, 0.2) is 6.10 Å². The molecule has 1 amide bonds. The zero-order valence-corrected chi connectivity index (χ0v) is 15.5. The van der Waals surface area contributed by atoms with E-state index in [1.807, 2.05) is 37.3 Å². The number of anilines is 1. The first-order chi connectivity index (χ1) is 11.9. The number of ether oxygens (including phenoxy) is 1. The Kier molecular flexibility index (Phi) is 6.85. The molecular weight excluding hydrogens is 361 g/mol. The summed E-state index contributed by atoms with van der Waals surface area (Å²) in [6.45, 7) is 3.42. The van der Waals surface area contributed by atoms with Crippen molar-refractivity contribution in [2.45, 2.75) is 32.3 Å². The molecule has 1 N–H and O–H groups in total. The molecule has 0 unspecified atom stereocenters. The van der Waals surface area contributed by atoms with Crippen LogP contribution in [0, 0.1) is 0 Å². The molecule has 0 spiro atoms. The van der Waals surface area contributed by atoms with Crippen LogP contribution < -0.4 is 5.32 Å². The highest BCUT2D eigenvalue weighted by Gasteiger charge is 2.25. The maximum atomic E-state index is 12.4. The molecule has 2 aromatic carbocycles. The molecule has 2 atom stereocenters. The first kappa shape index (κ1) is 19.3. The molecule has 0 fully saturated rings. The van der Waals surface area contributed by atoms with E-state index >= 15 is 0 Å². The second-order valence-electron chi connectivity index (χ2n) is 5.56. The summed E-state index contributed by atoms with van der Waals surface area (Å²) < 4.78 is 5.33. The zero-order valence-electron chi connectivity index (χ0n) is 14.0. The first-order valence-electron chi connectivity index (χ1n) is 7.93. The minimum absolute atomic E-state index is 0.354. The van der Waals surface area contributed by atoms with Gasteiger partial charge in [0.05, 0.1) is 16.6 Å². The summed E-state index contributed by atoms with van der Waals surface area (Å²) in [5.74, 6) is -1.32. The van der Waals surface area contributed by atoms with Crippen molar-refractivity contribution in [2.24, 2.45) is 0 Å². The van der Waals surface area contributed by atoms with E-state index in [4.69, 9.17) is 27.9 Å². The van der Waals surface area contributed by atoms with Crippen molar-refractivity contribution in [3.05, 3.63) is 64.1 Å². The van der Waals surface area contributed by atoms with Gasteiger partial charge >= 0.3 is 5.97 Å². The number of benzene rings is 2. The SMILES string of the molecule is CC[C@H](C(=O)O[C@H](C)C(=O)Nc1cc(Cl)ccc1Cl)c1ccccc1. The van der Waals surface area contributed by atoms with Crippen molar-refractivity contribution in [2.75, 3.05) is 5.32 Å². The summed E-state index contributed by atoms with van der Waals surface area (Å²) in [7, 11) is 0. The fraction of sp³-hybridized carbons (Fsp3) is 0.263. The average Bonchev–Trinajstić information content (AvgIpc) is 2.59. The topological polar surface area (TPSA) is 55.4 Å². The maximum absolute atomic E-state index is 12.4. The predicted octanol–water partition coefficient (Wildman–Crippen LogP) is 5.06. The van der Waals surface area contributed by atoms with Crippen molar-refractivity contribution in [1.82, 2.24) is 0 Å². The van der Waals surface area contributed by atoms with E-state index in [1.165, 1.54) is 13.0 Å². The van der Waals surface area contributed by atoms with Gasteiger partial charge in [0.1, 0.15) is 0 Å². The number of esters is 1. The zero-order chi connectivity index (χ0) is 18.4. The van der Waals surface area contributed by atoms with Gasteiger partial charge in [-0.25, -0.2) is 0 Å². The van der Waals surface area contributed by atoms with E-state index in [9.17, 15) is 9.59 Å². The lowest BCUT2D eigenvalue weighted by atomic mass is 9.97. The minimum atomic E-state index is -0.958. The normalized spacial score (nSPS) is 13.0. The summed E-state index contributed by atoms with van der Waals surface area (Å²) in [4.78, 5) is 24.7. The standard InChI is InChI=1S/C19H19Cl2NO3/c1-3-15(13-7-5-4-6-8-13)19(24)25-12(2)18(23)22-17-11-14(20)9-10-16(17)21/h4-12,15H,3H2,1-2H3,(H,22,23)/t12-,15+/m1/s1. The Hall–Kier alpha value is -2.04. The van der Waals surface area contributed by atoms with E-state index in [2.05, 4.69) is 5.32 Å². The van der Waals surface area contributed by atoms with Crippen LogP contribution in [0.4, 0.5) is 5.69 Å². The number of amides is 1. The summed E-state index contributed by atoms with van der Waals surface area (Å²) in [6.07, 6.45) is -0.377. The van der Waals surface area contributed by atoms with Crippen LogP contribution in [0.3, 0.4) is 0 Å². The van der Waals surface area contributed by atoms with E-state index in [-0.39, 0.29) is 0 Å². The van der Waals surface area contributed by atoms with Crippen LogP contribution in [0.5, 0.6) is 0 Å². The summed E-state index contributed by atoms with van der Waals surface area (Å²) >= 11 is 11.9. The highest BCUT2D eigenvalue weighted by atomic mass is 35.5. The van der Waals surface area contributed by atoms with Crippen LogP contribution in [0.2, 0.25) is 10.0 Å². The van der Waals surface area contributed by atoms with Crippen LogP contribution in [0.25, 0.3) is 0 Å². The van der Waals surface area contributed by atoms with Crippen LogP contribution in [0.1, 0.15) is 31.7 Å². The number of carbonyl (C=O) groups is 2. The molecule has 2 aromatic rings. The number of hydrogen-bond donors (Lipinski definition) is 1. The Morgan fingerprint density at radius 3 is 2.44 bits per heavy atom. The van der Waals surface area contributed by atoms with E-state index in [0.29, 0.717) is 22.2 Å². The molecule has 0 aromatic heterocycles.